The van der Waals surface area contributed by atoms with Crippen LogP contribution >= 0.6 is 0 Å². The molecule has 6 nitrogen and oxygen atoms in total. The quantitative estimate of drug-likeness (QED) is 0.710. The molecule has 6 heteroatoms. The Morgan fingerprint density at radius 1 is 1.59 bits per heavy atom. The lowest BCUT2D eigenvalue weighted by molar-refractivity contribution is -0.123. The number of aromatic amines is 1. The molecule has 1 aliphatic heterocycles. The fourth-order valence-electron chi connectivity index (χ4n) is 1.82. The minimum Gasteiger partial charge on any atom is -0.368 e. The third kappa shape index (κ3) is 3.83. The van der Waals surface area contributed by atoms with Gasteiger partial charge < -0.3 is 15.4 Å². The fourth-order valence-corrected chi connectivity index (χ4v) is 1.82. The van der Waals surface area contributed by atoms with E-state index in [0.717, 1.165) is 31.6 Å². The van der Waals surface area contributed by atoms with Crippen LogP contribution in [0.4, 0.5) is 5.82 Å². The summed E-state index contributed by atoms with van der Waals surface area (Å²) in [5, 5.41) is 12.6. The van der Waals surface area contributed by atoms with Crippen LogP contribution in [-0.2, 0) is 9.53 Å². The van der Waals surface area contributed by atoms with Crippen LogP contribution in [-0.4, -0.2) is 41.9 Å². The third-order valence-corrected chi connectivity index (χ3v) is 2.71. The Morgan fingerprint density at radius 2 is 2.35 bits per heavy atom. The van der Waals surface area contributed by atoms with Gasteiger partial charge in [0.1, 0.15) is 6.61 Å². The molecule has 0 bridgehead atoms. The van der Waals surface area contributed by atoms with Crippen molar-refractivity contribution in [1.29, 1.82) is 0 Å². The van der Waals surface area contributed by atoms with E-state index in [2.05, 4.69) is 20.8 Å². The van der Waals surface area contributed by atoms with Crippen molar-refractivity contribution in [2.75, 3.05) is 25.0 Å². The molecule has 1 fully saturated rings. The number of anilines is 1. The molecular formula is C11H18N4O2. The lowest BCUT2D eigenvalue weighted by Crippen LogP contribution is -2.34. The highest BCUT2D eigenvalue weighted by atomic mass is 16.5. The van der Waals surface area contributed by atoms with Crippen molar-refractivity contribution < 1.29 is 9.53 Å². The Bertz CT molecular complexity index is 371. The molecule has 1 aromatic rings. The Hall–Kier alpha value is -1.40. The van der Waals surface area contributed by atoms with Crippen molar-refractivity contribution in [2.45, 2.75) is 25.9 Å². The third-order valence-electron chi connectivity index (χ3n) is 2.71. The molecule has 2 rings (SSSR count). The summed E-state index contributed by atoms with van der Waals surface area (Å²) in [6, 6.07) is 1.78. The van der Waals surface area contributed by atoms with Gasteiger partial charge >= 0.3 is 0 Å². The molecule has 0 unspecified atom stereocenters. The highest BCUT2D eigenvalue weighted by molar-refractivity contribution is 5.90. The van der Waals surface area contributed by atoms with Crippen LogP contribution in [0.2, 0.25) is 0 Å². The van der Waals surface area contributed by atoms with E-state index >= 15 is 0 Å². The molecule has 0 radical (unpaired) electrons. The zero-order valence-corrected chi connectivity index (χ0v) is 9.95. The maximum atomic E-state index is 11.6. The van der Waals surface area contributed by atoms with Crippen molar-refractivity contribution in [3.05, 3.63) is 11.8 Å². The van der Waals surface area contributed by atoms with E-state index in [9.17, 15) is 4.79 Å². The minimum atomic E-state index is -0.157. The highest BCUT2D eigenvalue weighted by Crippen LogP contribution is 2.08. The van der Waals surface area contributed by atoms with Gasteiger partial charge in [0.2, 0.25) is 0 Å². The van der Waals surface area contributed by atoms with Gasteiger partial charge in [0.15, 0.2) is 5.82 Å². The van der Waals surface area contributed by atoms with Crippen molar-refractivity contribution in [3.63, 3.8) is 0 Å². The van der Waals surface area contributed by atoms with Crippen molar-refractivity contribution in [1.82, 2.24) is 15.5 Å². The molecule has 1 saturated heterocycles. The Balaban J connectivity index is 1.70. The number of hydrogen-bond acceptors (Lipinski definition) is 4. The second kappa shape index (κ2) is 5.79. The maximum absolute atomic E-state index is 11.6. The van der Waals surface area contributed by atoms with Crippen molar-refractivity contribution in [3.8, 4) is 0 Å². The van der Waals surface area contributed by atoms with E-state index in [-0.39, 0.29) is 18.6 Å². The standard InChI is InChI=1S/C11H18N4O2/c1-8-6-10(15-14-8)13-11(16)7-17-9-2-4-12-5-3-9/h6,9,12H,2-5,7H2,1H3,(H2,13,14,15,16). The van der Waals surface area contributed by atoms with Crippen LogP contribution in [0.15, 0.2) is 6.07 Å². The first-order valence-corrected chi connectivity index (χ1v) is 5.88. The number of rotatable bonds is 4. The largest absolute Gasteiger partial charge is 0.368 e. The predicted octanol–water partition coefficient (Wildman–Crippen LogP) is 0.425. The Kier molecular flexibility index (Phi) is 4.11. The van der Waals surface area contributed by atoms with Gasteiger partial charge in [-0.3, -0.25) is 9.89 Å². The van der Waals surface area contributed by atoms with Crippen LogP contribution in [0, 0.1) is 6.92 Å². The molecule has 0 aromatic carbocycles. The van der Waals surface area contributed by atoms with Crippen LogP contribution in [0.25, 0.3) is 0 Å². The second-order valence-corrected chi connectivity index (χ2v) is 4.24. The van der Waals surface area contributed by atoms with Gasteiger partial charge in [-0.05, 0) is 32.9 Å². The molecule has 0 spiro atoms. The summed E-state index contributed by atoms with van der Waals surface area (Å²) in [6.07, 6.45) is 2.13. The lowest BCUT2D eigenvalue weighted by Gasteiger charge is -2.22. The molecule has 0 saturated carbocycles. The molecule has 94 valence electrons. The molecule has 3 N–H and O–H groups in total. The smallest absolute Gasteiger partial charge is 0.251 e. The monoisotopic (exact) mass is 238 g/mol. The van der Waals surface area contributed by atoms with Crippen molar-refractivity contribution in [2.24, 2.45) is 0 Å². The number of hydrogen-bond donors (Lipinski definition) is 3. The minimum absolute atomic E-state index is 0.0938. The van der Waals surface area contributed by atoms with Crippen molar-refractivity contribution >= 4 is 11.7 Å². The summed E-state index contributed by atoms with van der Waals surface area (Å²) < 4.78 is 5.53. The molecule has 2 heterocycles. The number of aryl methyl sites for hydroxylation is 1. The number of aromatic nitrogens is 2. The number of amides is 1. The maximum Gasteiger partial charge on any atom is 0.251 e. The number of carbonyl (C=O) groups excluding carboxylic acids is 1. The summed E-state index contributed by atoms with van der Waals surface area (Å²) in [7, 11) is 0. The normalized spacial score (nSPS) is 17.0. The van der Waals surface area contributed by atoms with E-state index in [1.54, 1.807) is 6.07 Å². The molecule has 0 atom stereocenters. The van der Waals surface area contributed by atoms with Gasteiger partial charge in [-0.15, -0.1) is 0 Å². The summed E-state index contributed by atoms with van der Waals surface area (Å²) in [5.74, 6) is 0.386. The summed E-state index contributed by atoms with van der Waals surface area (Å²) >= 11 is 0. The molecule has 17 heavy (non-hydrogen) atoms. The first kappa shape index (κ1) is 12.1. The molecule has 0 aliphatic carbocycles. The van der Waals surface area contributed by atoms with Crippen LogP contribution < -0.4 is 10.6 Å². The zero-order chi connectivity index (χ0) is 12.1. The molecule has 1 aliphatic rings. The van der Waals surface area contributed by atoms with Gasteiger partial charge in [-0.2, -0.15) is 5.10 Å². The summed E-state index contributed by atoms with van der Waals surface area (Å²) in [4.78, 5) is 11.6. The Morgan fingerprint density at radius 3 is 3.00 bits per heavy atom. The van der Waals surface area contributed by atoms with Crippen LogP contribution in [0.5, 0.6) is 0 Å². The first-order chi connectivity index (χ1) is 8.24. The SMILES string of the molecule is Cc1cc(NC(=O)COC2CCNCC2)n[nH]1. The molecular weight excluding hydrogens is 220 g/mol. The molecule has 1 amide bonds. The number of nitrogens with one attached hydrogen (secondary N) is 3. The first-order valence-electron chi connectivity index (χ1n) is 5.88. The average Bonchev–Trinajstić information content (AvgIpc) is 2.73. The van der Waals surface area contributed by atoms with E-state index < -0.39 is 0 Å². The number of carbonyl (C=O) groups is 1. The Labute approximate surface area is 100 Å². The summed E-state index contributed by atoms with van der Waals surface area (Å²) in [5.41, 5.74) is 0.916. The number of H-pyrrole nitrogens is 1. The predicted molar refractivity (Wildman–Crippen MR) is 63.8 cm³/mol. The van der Waals surface area contributed by atoms with Gasteiger partial charge in [0.05, 0.1) is 6.10 Å². The van der Waals surface area contributed by atoms with Crippen LogP contribution in [0.1, 0.15) is 18.5 Å². The van der Waals surface area contributed by atoms with Gasteiger partial charge in [-0.1, -0.05) is 0 Å². The van der Waals surface area contributed by atoms with E-state index in [1.807, 2.05) is 6.92 Å². The average molecular weight is 238 g/mol. The van der Waals surface area contributed by atoms with Crippen LogP contribution in [0.3, 0.4) is 0 Å². The molecule has 1 aromatic heterocycles. The number of piperidine rings is 1. The van der Waals surface area contributed by atoms with E-state index in [4.69, 9.17) is 4.74 Å². The topological polar surface area (TPSA) is 79.0 Å². The fraction of sp³-hybridized carbons (Fsp3) is 0.636. The number of nitrogens with zero attached hydrogens (tertiary/aromatic N) is 1. The van der Waals surface area contributed by atoms with E-state index in [1.165, 1.54) is 0 Å². The second-order valence-electron chi connectivity index (χ2n) is 4.24. The van der Waals surface area contributed by atoms with Gasteiger partial charge in [-0.25, -0.2) is 0 Å². The van der Waals surface area contributed by atoms with Gasteiger partial charge in [0, 0.05) is 11.8 Å². The summed E-state index contributed by atoms with van der Waals surface area (Å²) in [6.45, 7) is 3.90. The zero-order valence-electron chi connectivity index (χ0n) is 9.95. The number of ether oxygens (including phenoxy) is 1. The van der Waals surface area contributed by atoms with Gasteiger partial charge in [0.25, 0.3) is 5.91 Å². The lowest BCUT2D eigenvalue weighted by atomic mass is 10.1. The van der Waals surface area contributed by atoms with E-state index in [0.29, 0.717) is 5.82 Å². The highest BCUT2D eigenvalue weighted by Gasteiger charge is 2.15.